The summed E-state index contributed by atoms with van der Waals surface area (Å²) >= 11 is 5.89. The number of nitrogens with zero attached hydrogens (tertiary/aromatic N) is 5. The summed E-state index contributed by atoms with van der Waals surface area (Å²) in [7, 11) is 4.09. The van der Waals surface area contributed by atoms with Crippen molar-refractivity contribution in [2.75, 3.05) is 23.9 Å². The maximum absolute atomic E-state index is 5.89. The standard InChI is InChI=1S/C27H28N6S/c1-18-17-22(19(2)32(18)24-10-6-8-16-29-24)26-25(23-9-5-7-15-28-23)30-27(34)33(26)21-13-11-20(12-14-21)31(3)4/h5-17,25-26H,1-4H3,(H,30,34)/t25-,26-/m0/s1. The largest absolute Gasteiger partial charge is 0.378 e. The van der Waals surface area contributed by atoms with Crippen LogP contribution in [0.5, 0.6) is 0 Å². The Balaban J connectivity index is 1.65. The molecule has 1 aliphatic heterocycles. The lowest BCUT2D eigenvalue weighted by atomic mass is 9.96. The molecule has 34 heavy (non-hydrogen) atoms. The monoisotopic (exact) mass is 468 g/mol. The van der Waals surface area contributed by atoms with Gasteiger partial charge < -0.3 is 19.7 Å². The van der Waals surface area contributed by atoms with Crippen molar-refractivity contribution in [2.24, 2.45) is 0 Å². The summed E-state index contributed by atoms with van der Waals surface area (Å²) in [5, 5.41) is 4.26. The van der Waals surface area contributed by atoms with E-state index in [2.05, 4.69) is 79.9 Å². The third-order valence-electron chi connectivity index (χ3n) is 6.41. The highest BCUT2D eigenvalue weighted by Crippen LogP contribution is 2.43. The van der Waals surface area contributed by atoms with Crippen molar-refractivity contribution >= 4 is 28.7 Å². The van der Waals surface area contributed by atoms with Crippen LogP contribution < -0.4 is 15.1 Å². The second-order valence-corrected chi connectivity index (χ2v) is 9.14. The van der Waals surface area contributed by atoms with Crippen LogP contribution in [0.25, 0.3) is 5.82 Å². The SMILES string of the molecule is Cc1cc([C@H]2[C@H](c3ccccn3)NC(=S)N2c2ccc(N(C)C)cc2)c(C)n1-c1ccccn1. The Kier molecular flexibility index (Phi) is 5.79. The molecule has 1 saturated heterocycles. The van der Waals surface area contributed by atoms with Crippen LogP contribution in [0.3, 0.4) is 0 Å². The van der Waals surface area contributed by atoms with Crippen molar-refractivity contribution in [3.8, 4) is 5.82 Å². The lowest BCUT2D eigenvalue weighted by molar-refractivity contribution is 0.565. The van der Waals surface area contributed by atoms with E-state index in [9.17, 15) is 0 Å². The molecular formula is C27H28N6S. The number of thiocarbonyl (C=S) groups is 1. The van der Waals surface area contributed by atoms with Gasteiger partial charge in [-0.2, -0.15) is 0 Å². The van der Waals surface area contributed by atoms with E-state index < -0.39 is 0 Å². The predicted octanol–water partition coefficient (Wildman–Crippen LogP) is 5.13. The van der Waals surface area contributed by atoms with Crippen LogP contribution in [0.1, 0.15) is 34.7 Å². The number of pyridine rings is 2. The molecule has 0 amide bonds. The molecule has 4 aromatic rings. The molecular weight excluding hydrogens is 440 g/mol. The van der Waals surface area contributed by atoms with Crippen molar-refractivity contribution in [1.29, 1.82) is 0 Å². The van der Waals surface area contributed by atoms with E-state index in [1.165, 1.54) is 5.56 Å². The molecule has 172 valence electrons. The number of hydrogen-bond acceptors (Lipinski definition) is 4. The van der Waals surface area contributed by atoms with Crippen LogP contribution in [0, 0.1) is 13.8 Å². The molecule has 1 aliphatic rings. The first kappa shape index (κ1) is 22.1. The number of rotatable bonds is 5. The molecule has 1 fully saturated rings. The van der Waals surface area contributed by atoms with Gasteiger partial charge in [0.1, 0.15) is 5.82 Å². The highest BCUT2D eigenvalue weighted by atomic mass is 32.1. The van der Waals surface area contributed by atoms with Gasteiger partial charge in [-0.3, -0.25) is 4.98 Å². The Morgan fingerprint density at radius 1 is 0.912 bits per heavy atom. The topological polar surface area (TPSA) is 49.2 Å². The molecule has 0 aliphatic carbocycles. The van der Waals surface area contributed by atoms with Crippen molar-refractivity contribution in [2.45, 2.75) is 25.9 Å². The van der Waals surface area contributed by atoms with E-state index in [0.717, 1.165) is 34.3 Å². The summed E-state index contributed by atoms with van der Waals surface area (Å²) in [5.74, 6) is 0.911. The minimum atomic E-state index is -0.0834. The molecule has 6 nitrogen and oxygen atoms in total. The summed E-state index contributed by atoms with van der Waals surface area (Å²) in [6.45, 7) is 4.28. The highest BCUT2D eigenvalue weighted by molar-refractivity contribution is 7.80. The van der Waals surface area contributed by atoms with Crippen LogP contribution in [-0.4, -0.2) is 33.7 Å². The zero-order chi connectivity index (χ0) is 23.8. The Bertz CT molecular complexity index is 1300. The second-order valence-electron chi connectivity index (χ2n) is 8.76. The molecule has 0 saturated carbocycles. The first-order valence-corrected chi connectivity index (χ1v) is 11.7. The summed E-state index contributed by atoms with van der Waals surface area (Å²) < 4.78 is 2.21. The smallest absolute Gasteiger partial charge is 0.174 e. The zero-order valence-corrected chi connectivity index (χ0v) is 20.6. The molecule has 5 rings (SSSR count). The van der Waals surface area contributed by atoms with Gasteiger partial charge in [-0.05, 0) is 86.2 Å². The number of aromatic nitrogens is 3. The first-order chi connectivity index (χ1) is 16.5. The Hall–Kier alpha value is -3.71. The average molecular weight is 469 g/mol. The molecule has 2 atom stereocenters. The molecule has 1 aromatic carbocycles. The third kappa shape index (κ3) is 3.82. The highest BCUT2D eigenvalue weighted by Gasteiger charge is 2.42. The fourth-order valence-electron chi connectivity index (χ4n) is 4.79. The van der Waals surface area contributed by atoms with Crippen molar-refractivity contribution in [3.63, 3.8) is 0 Å². The summed E-state index contributed by atoms with van der Waals surface area (Å²) in [6.07, 6.45) is 3.66. The van der Waals surface area contributed by atoms with E-state index >= 15 is 0 Å². The number of anilines is 2. The maximum atomic E-state index is 5.89. The first-order valence-electron chi connectivity index (χ1n) is 11.3. The molecule has 0 bridgehead atoms. The van der Waals surface area contributed by atoms with Crippen LogP contribution in [0.4, 0.5) is 11.4 Å². The second kappa shape index (κ2) is 8.91. The third-order valence-corrected chi connectivity index (χ3v) is 6.72. The fraction of sp³-hybridized carbons (Fsp3) is 0.222. The van der Waals surface area contributed by atoms with E-state index in [0.29, 0.717) is 5.11 Å². The number of hydrogen-bond donors (Lipinski definition) is 1. The summed E-state index contributed by atoms with van der Waals surface area (Å²) in [5.41, 5.74) is 6.63. The minimum absolute atomic E-state index is 0.0590. The lowest BCUT2D eigenvalue weighted by Crippen LogP contribution is -2.29. The quantitative estimate of drug-likeness (QED) is 0.410. The van der Waals surface area contributed by atoms with Gasteiger partial charge in [-0.1, -0.05) is 12.1 Å². The summed E-state index contributed by atoms with van der Waals surface area (Å²) in [6, 6.07) is 22.6. The van der Waals surface area contributed by atoms with Crippen LogP contribution in [0.15, 0.2) is 79.1 Å². The number of aryl methyl sites for hydroxylation is 1. The zero-order valence-electron chi connectivity index (χ0n) is 19.8. The molecule has 7 heteroatoms. The normalized spacial score (nSPS) is 17.6. The van der Waals surface area contributed by atoms with Gasteiger partial charge in [0.25, 0.3) is 0 Å². The van der Waals surface area contributed by atoms with Crippen LogP contribution in [0.2, 0.25) is 0 Å². The van der Waals surface area contributed by atoms with Crippen LogP contribution in [-0.2, 0) is 0 Å². The van der Waals surface area contributed by atoms with Gasteiger partial charge >= 0.3 is 0 Å². The van der Waals surface area contributed by atoms with Gasteiger partial charge in [-0.15, -0.1) is 0 Å². The van der Waals surface area contributed by atoms with Gasteiger partial charge in [0.2, 0.25) is 0 Å². The maximum Gasteiger partial charge on any atom is 0.174 e. The van der Waals surface area contributed by atoms with Gasteiger partial charge in [0.05, 0.1) is 17.8 Å². The van der Waals surface area contributed by atoms with Gasteiger partial charge in [0, 0.05) is 49.3 Å². The fourth-order valence-corrected chi connectivity index (χ4v) is 5.13. The number of benzene rings is 1. The van der Waals surface area contributed by atoms with Gasteiger partial charge in [0.15, 0.2) is 5.11 Å². The average Bonchev–Trinajstić information content (AvgIpc) is 3.35. The van der Waals surface area contributed by atoms with Crippen molar-refractivity contribution < 1.29 is 0 Å². The Labute approximate surface area is 205 Å². The molecule has 0 unspecified atom stereocenters. The minimum Gasteiger partial charge on any atom is -0.378 e. The Morgan fingerprint density at radius 2 is 1.62 bits per heavy atom. The molecule has 4 heterocycles. The number of nitrogens with one attached hydrogen (secondary N) is 1. The van der Waals surface area contributed by atoms with Crippen LogP contribution >= 0.6 is 12.2 Å². The predicted molar refractivity (Wildman–Crippen MR) is 142 cm³/mol. The van der Waals surface area contributed by atoms with Gasteiger partial charge in [-0.25, -0.2) is 4.98 Å². The van der Waals surface area contributed by atoms with Crippen molar-refractivity contribution in [1.82, 2.24) is 19.9 Å². The molecule has 3 aromatic heterocycles. The Morgan fingerprint density at radius 3 is 2.24 bits per heavy atom. The van der Waals surface area contributed by atoms with E-state index in [-0.39, 0.29) is 12.1 Å². The summed E-state index contributed by atoms with van der Waals surface area (Å²) in [4.78, 5) is 13.6. The van der Waals surface area contributed by atoms with E-state index in [1.807, 2.05) is 56.8 Å². The van der Waals surface area contributed by atoms with E-state index in [4.69, 9.17) is 12.2 Å². The van der Waals surface area contributed by atoms with E-state index in [1.54, 1.807) is 0 Å². The van der Waals surface area contributed by atoms with Crippen molar-refractivity contribution in [3.05, 3.63) is 102 Å². The lowest BCUT2D eigenvalue weighted by Gasteiger charge is -2.28. The molecule has 0 spiro atoms. The molecule has 1 N–H and O–H groups in total. The molecule has 0 radical (unpaired) electrons.